The van der Waals surface area contributed by atoms with E-state index in [1.807, 2.05) is 38.1 Å². The summed E-state index contributed by atoms with van der Waals surface area (Å²) in [4.78, 5) is 0. The van der Waals surface area contributed by atoms with Crippen molar-refractivity contribution in [1.29, 1.82) is 0 Å². The molecule has 1 atom stereocenters. The molecule has 21 heavy (non-hydrogen) atoms. The summed E-state index contributed by atoms with van der Waals surface area (Å²) in [5, 5.41) is 1.76. The number of thiophene rings is 1. The summed E-state index contributed by atoms with van der Waals surface area (Å²) in [5.41, 5.74) is 0.922. The Hall–Kier alpha value is -1.37. The molecule has 1 aromatic carbocycles. The van der Waals surface area contributed by atoms with Crippen LogP contribution in [-0.2, 0) is 10.0 Å². The molecular weight excluding hydrogens is 306 g/mol. The third kappa shape index (κ3) is 3.84. The number of benzene rings is 1. The van der Waals surface area contributed by atoms with Gasteiger partial charge in [-0.2, -0.15) is 0 Å². The van der Waals surface area contributed by atoms with Crippen molar-refractivity contribution in [2.24, 2.45) is 5.92 Å². The highest BCUT2D eigenvalue weighted by Crippen LogP contribution is 2.27. The zero-order valence-corrected chi connectivity index (χ0v) is 13.9. The van der Waals surface area contributed by atoms with Gasteiger partial charge in [0.1, 0.15) is 9.96 Å². The van der Waals surface area contributed by atoms with Crippen LogP contribution in [0.1, 0.15) is 25.5 Å². The van der Waals surface area contributed by atoms with Gasteiger partial charge in [-0.05, 0) is 35.1 Å². The van der Waals surface area contributed by atoms with E-state index in [0.717, 1.165) is 11.3 Å². The number of sulfonamides is 1. The molecule has 0 radical (unpaired) electrons. The van der Waals surface area contributed by atoms with Gasteiger partial charge in [0.15, 0.2) is 0 Å². The van der Waals surface area contributed by atoms with Gasteiger partial charge < -0.3 is 4.74 Å². The first kappa shape index (κ1) is 16.0. The van der Waals surface area contributed by atoms with E-state index in [-0.39, 0.29) is 12.0 Å². The van der Waals surface area contributed by atoms with Gasteiger partial charge in [0.05, 0.1) is 7.11 Å². The summed E-state index contributed by atoms with van der Waals surface area (Å²) in [6.45, 7) is 3.98. The second kappa shape index (κ2) is 6.60. The van der Waals surface area contributed by atoms with Gasteiger partial charge in [0, 0.05) is 6.04 Å². The van der Waals surface area contributed by atoms with Crippen LogP contribution in [-0.4, -0.2) is 15.5 Å². The molecule has 0 spiro atoms. The Balaban J connectivity index is 2.27. The van der Waals surface area contributed by atoms with Crippen LogP contribution in [0.3, 0.4) is 0 Å². The topological polar surface area (TPSA) is 55.4 Å². The molecular formula is C15H19NO3S2. The van der Waals surface area contributed by atoms with Crippen molar-refractivity contribution in [3.63, 3.8) is 0 Å². The molecule has 0 saturated carbocycles. The van der Waals surface area contributed by atoms with Gasteiger partial charge in [-0.15, -0.1) is 11.3 Å². The Kier molecular flexibility index (Phi) is 5.03. The molecule has 0 aliphatic carbocycles. The van der Waals surface area contributed by atoms with Crippen LogP contribution in [0.4, 0.5) is 0 Å². The minimum absolute atomic E-state index is 0.133. The van der Waals surface area contributed by atoms with E-state index >= 15 is 0 Å². The van der Waals surface area contributed by atoms with Gasteiger partial charge in [-0.3, -0.25) is 0 Å². The Labute approximate surface area is 129 Å². The fourth-order valence-electron chi connectivity index (χ4n) is 2.04. The predicted molar refractivity (Wildman–Crippen MR) is 85.2 cm³/mol. The highest BCUT2D eigenvalue weighted by molar-refractivity contribution is 7.91. The Morgan fingerprint density at radius 3 is 2.29 bits per heavy atom. The molecule has 2 rings (SSSR count). The molecule has 0 amide bonds. The SMILES string of the molecule is COc1ccc([C@H](NS(=O)(=O)c2cccs2)C(C)C)cc1. The molecule has 1 N–H and O–H groups in total. The lowest BCUT2D eigenvalue weighted by atomic mass is 9.97. The summed E-state index contributed by atoms with van der Waals surface area (Å²) in [7, 11) is -1.88. The van der Waals surface area contributed by atoms with Crippen LogP contribution in [0, 0.1) is 5.92 Å². The highest BCUT2D eigenvalue weighted by Gasteiger charge is 2.24. The molecule has 1 aromatic heterocycles. The van der Waals surface area contributed by atoms with Crippen molar-refractivity contribution in [2.75, 3.05) is 7.11 Å². The molecule has 6 heteroatoms. The lowest BCUT2D eigenvalue weighted by Gasteiger charge is -2.22. The zero-order valence-electron chi connectivity index (χ0n) is 12.2. The fraction of sp³-hybridized carbons (Fsp3) is 0.333. The molecule has 0 unspecified atom stereocenters. The van der Waals surface area contributed by atoms with Crippen LogP contribution in [0.15, 0.2) is 46.0 Å². The maximum Gasteiger partial charge on any atom is 0.250 e. The Bertz CT molecular complexity index is 661. The van der Waals surface area contributed by atoms with Crippen LogP contribution in [0.5, 0.6) is 5.75 Å². The number of nitrogens with one attached hydrogen (secondary N) is 1. The smallest absolute Gasteiger partial charge is 0.250 e. The van der Waals surface area contributed by atoms with Crippen molar-refractivity contribution in [1.82, 2.24) is 4.72 Å². The van der Waals surface area contributed by atoms with Crippen molar-refractivity contribution in [2.45, 2.75) is 24.1 Å². The third-order valence-corrected chi connectivity index (χ3v) is 6.02. The van der Waals surface area contributed by atoms with Gasteiger partial charge in [-0.25, -0.2) is 13.1 Å². The number of rotatable bonds is 6. The first-order chi connectivity index (χ1) is 9.94. The number of hydrogen-bond donors (Lipinski definition) is 1. The van der Waals surface area contributed by atoms with Crippen LogP contribution in [0.2, 0.25) is 0 Å². The maximum absolute atomic E-state index is 12.4. The van der Waals surface area contributed by atoms with Crippen molar-refractivity contribution in [3.05, 3.63) is 47.3 Å². The number of hydrogen-bond acceptors (Lipinski definition) is 4. The highest BCUT2D eigenvalue weighted by atomic mass is 32.2. The van der Waals surface area contributed by atoms with E-state index in [0.29, 0.717) is 4.21 Å². The van der Waals surface area contributed by atoms with Gasteiger partial charge in [-0.1, -0.05) is 32.0 Å². The molecule has 1 heterocycles. The quantitative estimate of drug-likeness (QED) is 0.885. The predicted octanol–water partition coefficient (Wildman–Crippen LogP) is 3.43. The van der Waals surface area contributed by atoms with Crippen molar-refractivity contribution < 1.29 is 13.2 Å². The molecule has 0 saturated heterocycles. The number of methoxy groups -OCH3 is 1. The largest absolute Gasteiger partial charge is 0.497 e. The summed E-state index contributed by atoms with van der Waals surface area (Å²) in [6.07, 6.45) is 0. The number of ether oxygens (including phenoxy) is 1. The minimum Gasteiger partial charge on any atom is -0.497 e. The molecule has 0 aliphatic heterocycles. The normalized spacial score (nSPS) is 13.3. The average Bonchev–Trinajstić information content (AvgIpc) is 3.00. The lowest BCUT2D eigenvalue weighted by molar-refractivity contribution is 0.413. The van der Waals surface area contributed by atoms with Gasteiger partial charge in [0.25, 0.3) is 10.0 Å². The van der Waals surface area contributed by atoms with E-state index in [2.05, 4.69) is 4.72 Å². The van der Waals surface area contributed by atoms with Crippen LogP contribution >= 0.6 is 11.3 Å². The molecule has 0 fully saturated rings. The van der Waals surface area contributed by atoms with E-state index in [1.165, 1.54) is 11.3 Å². The molecule has 0 bridgehead atoms. The molecule has 0 aliphatic rings. The van der Waals surface area contributed by atoms with Crippen LogP contribution < -0.4 is 9.46 Å². The maximum atomic E-state index is 12.4. The fourth-order valence-corrected chi connectivity index (χ4v) is 4.42. The summed E-state index contributed by atoms with van der Waals surface area (Å²) in [5.74, 6) is 0.885. The summed E-state index contributed by atoms with van der Waals surface area (Å²) in [6, 6.07) is 10.5. The van der Waals surface area contributed by atoms with Crippen LogP contribution in [0.25, 0.3) is 0 Å². The van der Waals surface area contributed by atoms with Gasteiger partial charge >= 0.3 is 0 Å². The zero-order chi connectivity index (χ0) is 15.5. The van der Waals surface area contributed by atoms with E-state index in [4.69, 9.17) is 4.74 Å². The summed E-state index contributed by atoms with van der Waals surface area (Å²) >= 11 is 1.21. The Morgan fingerprint density at radius 2 is 1.81 bits per heavy atom. The monoisotopic (exact) mass is 325 g/mol. The first-order valence-electron chi connectivity index (χ1n) is 6.64. The van der Waals surface area contributed by atoms with E-state index < -0.39 is 10.0 Å². The van der Waals surface area contributed by atoms with E-state index in [1.54, 1.807) is 24.6 Å². The van der Waals surface area contributed by atoms with Gasteiger partial charge in [0.2, 0.25) is 0 Å². The summed E-state index contributed by atoms with van der Waals surface area (Å²) < 4.78 is 33.0. The third-order valence-electron chi connectivity index (χ3n) is 3.18. The standard InChI is InChI=1S/C15H19NO3S2/c1-11(2)15(12-6-8-13(19-3)9-7-12)16-21(17,18)14-5-4-10-20-14/h4-11,15-16H,1-3H3/t15-/m1/s1. The first-order valence-corrected chi connectivity index (χ1v) is 9.00. The minimum atomic E-state index is -3.49. The molecule has 2 aromatic rings. The Morgan fingerprint density at radius 1 is 1.14 bits per heavy atom. The van der Waals surface area contributed by atoms with E-state index in [9.17, 15) is 8.42 Å². The van der Waals surface area contributed by atoms with Crippen molar-refractivity contribution in [3.8, 4) is 5.75 Å². The molecule has 4 nitrogen and oxygen atoms in total. The lowest BCUT2D eigenvalue weighted by Crippen LogP contribution is -2.31. The second-order valence-corrected chi connectivity index (χ2v) is 7.94. The average molecular weight is 325 g/mol. The molecule has 114 valence electrons. The second-order valence-electron chi connectivity index (χ2n) is 5.05. The van der Waals surface area contributed by atoms with Crippen molar-refractivity contribution >= 4 is 21.4 Å².